The lowest BCUT2D eigenvalue weighted by Gasteiger charge is -2.18. The van der Waals surface area contributed by atoms with Gasteiger partial charge < -0.3 is 10.2 Å². The van der Waals surface area contributed by atoms with Crippen LogP contribution in [-0.4, -0.2) is 24.6 Å². The molecule has 1 N–H and O–H groups in total. The van der Waals surface area contributed by atoms with E-state index < -0.39 is 0 Å². The molecule has 3 rings (SSSR count). The van der Waals surface area contributed by atoms with Crippen LogP contribution in [0.5, 0.6) is 0 Å². The number of rotatable bonds is 7. The van der Waals surface area contributed by atoms with E-state index in [9.17, 15) is 0 Å². The third-order valence-corrected chi connectivity index (χ3v) is 5.68. The molecule has 2 fully saturated rings. The van der Waals surface area contributed by atoms with Crippen molar-refractivity contribution >= 4 is 16.5 Å². The monoisotopic (exact) mass is 307 g/mol. The molecule has 1 aromatic heterocycles. The molecule has 0 atom stereocenters. The summed E-state index contributed by atoms with van der Waals surface area (Å²) < 4.78 is 0. The van der Waals surface area contributed by atoms with Crippen LogP contribution in [0, 0.1) is 0 Å². The zero-order valence-electron chi connectivity index (χ0n) is 13.4. The van der Waals surface area contributed by atoms with E-state index in [4.69, 9.17) is 4.98 Å². The van der Waals surface area contributed by atoms with Gasteiger partial charge in [-0.2, -0.15) is 0 Å². The Morgan fingerprint density at radius 1 is 1.19 bits per heavy atom. The third kappa shape index (κ3) is 4.19. The lowest BCUT2D eigenvalue weighted by atomic mass is 10.2. The molecule has 1 aromatic rings. The highest BCUT2D eigenvalue weighted by atomic mass is 32.1. The third-order valence-electron chi connectivity index (χ3n) is 4.55. The largest absolute Gasteiger partial charge is 0.348 e. The summed E-state index contributed by atoms with van der Waals surface area (Å²) in [5, 5.41) is 4.90. The van der Waals surface area contributed by atoms with Crippen molar-refractivity contribution in [2.45, 2.75) is 70.8 Å². The molecule has 2 aliphatic rings. The standard InChI is InChI=1S/C17H29N3S/c1-2-3-10-18-13-15-16(14-8-9-14)19-17(21-15)20-11-6-4-5-7-12-20/h14,18H,2-13H2,1H3. The van der Waals surface area contributed by atoms with Crippen LogP contribution in [-0.2, 0) is 6.54 Å². The van der Waals surface area contributed by atoms with Crippen LogP contribution in [0.4, 0.5) is 5.13 Å². The Morgan fingerprint density at radius 3 is 2.62 bits per heavy atom. The molecule has 0 spiro atoms. The van der Waals surface area contributed by atoms with Gasteiger partial charge in [-0.25, -0.2) is 4.98 Å². The number of aromatic nitrogens is 1. The van der Waals surface area contributed by atoms with Crippen molar-refractivity contribution in [2.24, 2.45) is 0 Å². The molecule has 0 radical (unpaired) electrons. The van der Waals surface area contributed by atoms with E-state index in [0.717, 1.165) is 19.0 Å². The predicted octanol–water partition coefficient (Wildman–Crippen LogP) is 4.29. The Morgan fingerprint density at radius 2 is 1.95 bits per heavy atom. The van der Waals surface area contributed by atoms with E-state index in [1.54, 1.807) is 0 Å². The normalized spacial score (nSPS) is 19.8. The molecule has 1 aliphatic heterocycles. The minimum Gasteiger partial charge on any atom is -0.348 e. The zero-order valence-corrected chi connectivity index (χ0v) is 14.2. The van der Waals surface area contributed by atoms with Gasteiger partial charge >= 0.3 is 0 Å². The van der Waals surface area contributed by atoms with Crippen LogP contribution >= 0.6 is 11.3 Å². The molecule has 1 saturated carbocycles. The first-order valence-corrected chi connectivity index (χ1v) is 9.65. The Labute approximate surface area is 133 Å². The number of nitrogens with one attached hydrogen (secondary N) is 1. The Balaban J connectivity index is 1.66. The van der Waals surface area contributed by atoms with E-state index in [2.05, 4.69) is 17.1 Å². The first-order valence-electron chi connectivity index (χ1n) is 8.83. The fourth-order valence-corrected chi connectivity index (χ4v) is 4.22. The van der Waals surface area contributed by atoms with E-state index in [0.29, 0.717) is 0 Å². The lowest BCUT2D eigenvalue weighted by molar-refractivity contribution is 0.642. The van der Waals surface area contributed by atoms with E-state index in [1.807, 2.05) is 11.3 Å². The highest BCUT2D eigenvalue weighted by Crippen LogP contribution is 2.44. The maximum atomic E-state index is 5.04. The first kappa shape index (κ1) is 15.3. The predicted molar refractivity (Wildman–Crippen MR) is 91.4 cm³/mol. The van der Waals surface area contributed by atoms with Crippen LogP contribution in [0.25, 0.3) is 0 Å². The second-order valence-electron chi connectivity index (χ2n) is 6.51. The van der Waals surface area contributed by atoms with Crippen LogP contribution in [0.1, 0.15) is 74.8 Å². The maximum absolute atomic E-state index is 5.04. The molecule has 1 saturated heterocycles. The maximum Gasteiger partial charge on any atom is 0.185 e. The molecule has 118 valence electrons. The van der Waals surface area contributed by atoms with Gasteiger partial charge in [-0.1, -0.05) is 26.2 Å². The molecule has 2 heterocycles. The number of anilines is 1. The van der Waals surface area contributed by atoms with Crippen LogP contribution in [0.15, 0.2) is 0 Å². The van der Waals surface area contributed by atoms with Crippen molar-refractivity contribution in [1.29, 1.82) is 0 Å². The Bertz CT molecular complexity index is 431. The van der Waals surface area contributed by atoms with Crippen molar-refractivity contribution in [2.75, 3.05) is 24.5 Å². The summed E-state index contributed by atoms with van der Waals surface area (Å²) >= 11 is 1.95. The van der Waals surface area contributed by atoms with Gasteiger partial charge in [0.15, 0.2) is 5.13 Å². The molecule has 0 unspecified atom stereocenters. The summed E-state index contributed by atoms with van der Waals surface area (Å²) in [6.07, 6.45) is 10.7. The van der Waals surface area contributed by atoms with Gasteiger partial charge in [0.05, 0.1) is 5.69 Å². The minimum absolute atomic E-state index is 0.768. The van der Waals surface area contributed by atoms with Gasteiger partial charge in [0.25, 0.3) is 0 Å². The summed E-state index contributed by atoms with van der Waals surface area (Å²) in [6, 6.07) is 0. The number of hydrogen-bond donors (Lipinski definition) is 1. The molecule has 1 aliphatic carbocycles. The Hall–Kier alpha value is -0.610. The molecule has 3 nitrogen and oxygen atoms in total. The average molecular weight is 308 g/mol. The smallest absolute Gasteiger partial charge is 0.185 e. The summed E-state index contributed by atoms with van der Waals surface area (Å²) in [4.78, 5) is 9.09. The molecular weight excluding hydrogens is 278 g/mol. The molecular formula is C17H29N3S. The van der Waals surface area contributed by atoms with Crippen molar-refractivity contribution in [3.63, 3.8) is 0 Å². The highest BCUT2D eigenvalue weighted by molar-refractivity contribution is 7.15. The highest BCUT2D eigenvalue weighted by Gasteiger charge is 2.30. The number of unbranched alkanes of at least 4 members (excludes halogenated alkanes) is 1. The van der Waals surface area contributed by atoms with Gasteiger partial charge in [-0.3, -0.25) is 0 Å². The summed E-state index contributed by atoms with van der Waals surface area (Å²) in [5.74, 6) is 0.768. The van der Waals surface area contributed by atoms with Gasteiger partial charge in [0, 0.05) is 30.4 Å². The summed E-state index contributed by atoms with van der Waals surface area (Å²) in [5.41, 5.74) is 1.42. The molecule has 21 heavy (non-hydrogen) atoms. The van der Waals surface area contributed by atoms with Gasteiger partial charge in [0.1, 0.15) is 0 Å². The molecule has 4 heteroatoms. The van der Waals surface area contributed by atoms with Gasteiger partial charge in [0.2, 0.25) is 0 Å². The van der Waals surface area contributed by atoms with E-state index >= 15 is 0 Å². The quantitative estimate of drug-likeness (QED) is 0.762. The molecule has 0 amide bonds. The summed E-state index contributed by atoms with van der Waals surface area (Å²) in [6.45, 7) is 6.83. The molecule has 0 aromatic carbocycles. The SMILES string of the molecule is CCCCNCc1sc(N2CCCCCC2)nc1C1CC1. The topological polar surface area (TPSA) is 28.2 Å². The fourth-order valence-electron chi connectivity index (χ4n) is 3.05. The van der Waals surface area contributed by atoms with Crippen molar-refractivity contribution < 1.29 is 0 Å². The van der Waals surface area contributed by atoms with Crippen molar-refractivity contribution in [1.82, 2.24) is 10.3 Å². The van der Waals surface area contributed by atoms with Crippen molar-refractivity contribution in [3.8, 4) is 0 Å². The lowest BCUT2D eigenvalue weighted by Crippen LogP contribution is -2.23. The van der Waals surface area contributed by atoms with E-state index in [-0.39, 0.29) is 0 Å². The second kappa shape index (κ2) is 7.59. The first-order chi connectivity index (χ1) is 10.4. The minimum atomic E-state index is 0.768. The number of hydrogen-bond acceptors (Lipinski definition) is 4. The van der Waals surface area contributed by atoms with Gasteiger partial charge in [-0.15, -0.1) is 11.3 Å². The summed E-state index contributed by atoms with van der Waals surface area (Å²) in [7, 11) is 0. The van der Waals surface area contributed by atoms with Crippen LogP contribution in [0.3, 0.4) is 0 Å². The van der Waals surface area contributed by atoms with Crippen molar-refractivity contribution in [3.05, 3.63) is 10.6 Å². The van der Waals surface area contributed by atoms with E-state index in [1.165, 1.54) is 80.2 Å². The van der Waals surface area contributed by atoms with Crippen LogP contribution in [0.2, 0.25) is 0 Å². The number of thiazole rings is 1. The second-order valence-corrected chi connectivity index (χ2v) is 7.57. The number of nitrogens with zero attached hydrogens (tertiary/aromatic N) is 2. The average Bonchev–Trinajstić information content (AvgIpc) is 3.29. The molecule has 0 bridgehead atoms. The fraction of sp³-hybridized carbons (Fsp3) is 0.824. The van der Waals surface area contributed by atoms with Gasteiger partial charge in [-0.05, 0) is 38.6 Å². The zero-order chi connectivity index (χ0) is 14.5. The Kier molecular flexibility index (Phi) is 5.53. The van der Waals surface area contributed by atoms with Crippen LogP contribution < -0.4 is 10.2 Å².